The summed E-state index contributed by atoms with van der Waals surface area (Å²) in [5, 5.41) is 12.1. The lowest BCUT2D eigenvalue weighted by Crippen LogP contribution is -2.20. The fraction of sp³-hybridized carbons (Fsp3) is 0.500. The predicted octanol–water partition coefficient (Wildman–Crippen LogP) is 2.65. The zero-order chi connectivity index (χ0) is 12.8. The first-order valence-corrected chi connectivity index (χ1v) is 7.51. The van der Waals surface area contributed by atoms with Crippen LogP contribution in [0, 0.1) is 5.92 Å². The third kappa shape index (κ3) is 3.75. The Hall–Kier alpha value is -1.00. The Labute approximate surface area is 112 Å². The average molecular weight is 265 g/mol. The van der Waals surface area contributed by atoms with E-state index >= 15 is 0 Å². The maximum Gasteiger partial charge on any atom is 0.224 e. The molecule has 0 unspecified atom stereocenters. The monoisotopic (exact) mass is 265 g/mol. The molecule has 18 heavy (non-hydrogen) atoms. The van der Waals surface area contributed by atoms with E-state index in [0.717, 1.165) is 24.1 Å². The number of hydrogen-bond donors (Lipinski definition) is 2. The topological polar surface area (TPSA) is 49.3 Å². The summed E-state index contributed by atoms with van der Waals surface area (Å²) in [7, 11) is 0. The number of carbonyl (C=O) groups is 1. The van der Waals surface area contributed by atoms with Crippen molar-refractivity contribution in [2.45, 2.75) is 25.9 Å². The van der Waals surface area contributed by atoms with Crippen molar-refractivity contribution in [3.05, 3.63) is 29.8 Å². The van der Waals surface area contributed by atoms with E-state index in [1.807, 2.05) is 36.0 Å². The molecule has 1 amide bonds. The van der Waals surface area contributed by atoms with Crippen molar-refractivity contribution in [2.75, 3.05) is 16.8 Å². The largest absolute Gasteiger partial charge is 0.392 e. The third-order valence-corrected chi connectivity index (χ3v) is 4.33. The molecule has 0 atom stereocenters. The highest BCUT2D eigenvalue weighted by Crippen LogP contribution is 2.26. The molecule has 1 aromatic rings. The molecule has 3 nitrogen and oxygen atoms in total. The van der Waals surface area contributed by atoms with Crippen molar-refractivity contribution in [3.63, 3.8) is 0 Å². The van der Waals surface area contributed by atoms with Gasteiger partial charge in [-0.05, 0) is 36.3 Å². The number of amides is 1. The molecular weight excluding hydrogens is 246 g/mol. The van der Waals surface area contributed by atoms with Gasteiger partial charge in [-0.15, -0.1) is 0 Å². The zero-order valence-corrected chi connectivity index (χ0v) is 11.2. The van der Waals surface area contributed by atoms with Gasteiger partial charge in [0.05, 0.1) is 6.61 Å². The molecular formula is C14H19NO2S. The Balaban J connectivity index is 1.90. The minimum Gasteiger partial charge on any atom is -0.392 e. The third-order valence-electron chi connectivity index (χ3n) is 3.28. The molecule has 1 fully saturated rings. The molecule has 0 aliphatic carbocycles. The van der Waals surface area contributed by atoms with Crippen LogP contribution in [0.15, 0.2) is 24.3 Å². The van der Waals surface area contributed by atoms with E-state index in [9.17, 15) is 9.90 Å². The van der Waals surface area contributed by atoms with Crippen LogP contribution in [0.1, 0.15) is 24.8 Å². The van der Waals surface area contributed by atoms with Gasteiger partial charge in [0.1, 0.15) is 0 Å². The van der Waals surface area contributed by atoms with E-state index in [-0.39, 0.29) is 12.5 Å². The van der Waals surface area contributed by atoms with Gasteiger partial charge in [-0.3, -0.25) is 4.79 Å². The number of aliphatic hydroxyl groups is 1. The average Bonchev–Trinajstić information content (AvgIpc) is 2.40. The Morgan fingerprint density at radius 2 is 2.06 bits per heavy atom. The molecule has 2 N–H and O–H groups in total. The second kappa shape index (κ2) is 6.81. The number of aliphatic hydroxyl groups excluding tert-OH is 1. The first kappa shape index (κ1) is 13.4. The van der Waals surface area contributed by atoms with E-state index in [4.69, 9.17) is 0 Å². The van der Waals surface area contributed by atoms with Gasteiger partial charge in [0.25, 0.3) is 0 Å². The molecule has 0 bridgehead atoms. The van der Waals surface area contributed by atoms with E-state index in [2.05, 4.69) is 5.32 Å². The number of para-hydroxylation sites is 1. The van der Waals surface area contributed by atoms with E-state index in [0.29, 0.717) is 12.3 Å². The minimum absolute atomic E-state index is 0.0451. The summed E-state index contributed by atoms with van der Waals surface area (Å²) in [6, 6.07) is 7.39. The van der Waals surface area contributed by atoms with Crippen molar-refractivity contribution >= 4 is 23.4 Å². The molecule has 1 aromatic carbocycles. The Morgan fingerprint density at radius 1 is 1.33 bits per heavy atom. The van der Waals surface area contributed by atoms with Crippen molar-refractivity contribution < 1.29 is 9.90 Å². The summed E-state index contributed by atoms with van der Waals surface area (Å²) >= 11 is 1.97. The van der Waals surface area contributed by atoms with Crippen molar-refractivity contribution in [1.82, 2.24) is 0 Å². The van der Waals surface area contributed by atoms with Gasteiger partial charge >= 0.3 is 0 Å². The maximum absolute atomic E-state index is 11.9. The summed E-state index contributed by atoms with van der Waals surface area (Å²) in [5.41, 5.74) is 1.50. The van der Waals surface area contributed by atoms with Crippen LogP contribution in [0.3, 0.4) is 0 Å². The molecule has 0 aromatic heterocycles. The lowest BCUT2D eigenvalue weighted by Gasteiger charge is -2.20. The summed E-state index contributed by atoms with van der Waals surface area (Å²) in [6.45, 7) is -0.0451. The fourth-order valence-corrected chi connectivity index (χ4v) is 3.40. The summed E-state index contributed by atoms with van der Waals surface area (Å²) in [6.07, 6.45) is 2.87. The molecule has 0 saturated carbocycles. The summed E-state index contributed by atoms with van der Waals surface area (Å²) < 4.78 is 0. The van der Waals surface area contributed by atoms with Gasteiger partial charge in [-0.25, -0.2) is 0 Å². The molecule has 0 radical (unpaired) electrons. The van der Waals surface area contributed by atoms with Crippen molar-refractivity contribution in [1.29, 1.82) is 0 Å². The Kier molecular flexibility index (Phi) is 5.08. The van der Waals surface area contributed by atoms with Gasteiger partial charge in [-0.1, -0.05) is 18.2 Å². The van der Waals surface area contributed by atoms with E-state index in [1.54, 1.807) is 0 Å². The Morgan fingerprint density at radius 3 is 2.78 bits per heavy atom. The van der Waals surface area contributed by atoms with E-state index in [1.165, 1.54) is 11.5 Å². The number of thioether (sulfide) groups is 1. The lowest BCUT2D eigenvalue weighted by molar-refractivity contribution is -0.117. The quantitative estimate of drug-likeness (QED) is 0.880. The molecule has 98 valence electrons. The van der Waals surface area contributed by atoms with Crippen molar-refractivity contribution in [2.24, 2.45) is 5.92 Å². The normalized spacial score (nSPS) is 16.5. The second-order valence-corrected chi connectivity index (χ2v) is 5.85. The van der Waals surface area contributed by atoms with Crippen LogP contribution in [-0.4, -0.2) is 22.5 Å². The summed E-state index contributed by atoms with van der Waals surface area (Å²) in [4.78, 5) is 11.9. The number of carbonyl (C=O) groups excluding carboxylic acids is 1. The first-order chi connectivity index (χ1) is 8.79. The molecule has 4 heteroatoms. The van der Waals surface area contributed by atoms with Gasteiger partial charge in [0, 0.05) is 17.7 Å². The van der Waals surface area contributed by atoms with Gasteiger partial charge in [-0.2, -0.15) is 11.8 Å². The Bertz CT molecular complexity index is 403. The van der Waals surface area contributed by atoms with Crippen LogP contribution in [-0.2, 0) is 11.4 Å². The molecule has 0 spiro atoms. The van der Waals surface area contributed by atoms with Crippen LogP contribution in [0.4, 0.5) is 5.69 Å². The smallest absolute Gasteiger partial charge is 0.224 e. The zero-order valence-electron chi connectivity index (χ0n) is 10.4. The van der Waals surface area contributed by atoms with Crippen LogP contribution in [0.25, 0.3) is 0 Å². The number of benzene rings is 1. The molecule has 1 aliphatic heterocycles. The summed E-state index contributed by atoms with van der Waals surface area (Å²) in [5.74, 6) is 2.93. The highest BCUT2D eigenvalue weighted by atomic mass is 32.2. The first-order valence-electron chi connectivity index (χ1n) is 6.36. The van der Waals surface area contributed by atoms with Crippen molar-refractivity contribution in [3.8, 4) is 0 Å². The second-order valence-electron chi connectivity index (χ2n) is 4.62. The number of anilines is 1. The molecule has 1 saturated heterocycles. The molecule has 1 aliphatic rings. The van der Waals surface area contributed by atoms with Gasteiger partial charge < -0.3 is 10.4 Å². The predicted molar refractivity (Wildman–Crippen MR) is 75.7 cm³/mol. The fourth-order valence-electron chi connectivity index (χ4n) is 2.19. The molecule has 1 heterocycles. The van der Waals surface area contributed by atoms with Crippen LogP contribution >= 0.6 is 11.8 Å². The van der Waals surface area contributed by atoms with Crippen LogP contribution < -0.4 is 5.32 Å². The molecule has 2 rings (SSSR count). The van der Waals surface area contributed by atoms with E-state index < -0.39 is 0 Å². The lowest BCUT2D eigenvalue weighted by atomic mass is 9.98. The van der Waals surface area contributed by atoms with Crippen LogP contribution in [0.2, 0.25) is 0 Å². The maximum atomic E-state index is 11.9. The minimum atomic E-state index is -0.0451. The van der Waals surface area contributed by atoms with Gasteiger partial charge in [0.15, 0.2) is 0 Å². The SMILES string of the molecule is O=C(CC1CCSCC1)Nc1ccccc1CO. The highest BCUT2D eigenvalue weighted by molar-refractivity contribution is 7.99. The number of rotatable bonds is 4. The number of nitrogens with one attached hydrogen (secondary N) is 1. The van der Waals surface area contributed by atoms with Gasteiger partial charge in [0.2, 0.25) is 5.91 Å². The number of hydrogen-bond acceptors (Lipinski definition) is 3. The standard InChI is InChI=1S/C14H19NO2S/c16-10-12-3-1-2-4-13(12)15-14(17)9-11-5-7-18-8-6-11/h1-4,11,16H,5-10H2,(H,15,17). The van der Waals surface area contributed by atoms with Crippen LogP contribution in [0.5, 0.6) is 0 Å². The highest BCUT2D eigenvalue weighted by Gasteiger charge is 2.17.